The van der Waals surface area contributed by atoms with Crippen LogP contribution in [0.5, 0.6) is 5.75 Å². The molecular weight excluding hydrogens is 305 g/mol. The Balaban J connectivity index is 1.86. The summed E-state index contributed by atoms with van der Waals surface area (Å²) in [4.78, 5) is 12.7. The molecule has 114 valence electrons. The minimum absolute atomic E-state index is 0.0139. The molecule has 1 saturated carbocycles. The molecule has 22 heavy (non-hydrogen) atoms. The van der Waals surface area contributed by atoms with Gasteiger partial charge in [0.05, 0.1) is 17.5 Å². The minimum atomic E-state index is -0.576. The smallest absolute Gasteiger partial charge is 0.235 e. The highest BCUT2D eigenvalue weighted by atomic mass is 35.5. The molecule has 0 aliphatic heterocycles. The molecule has 1 aliphatic carbocycles. The fourth-order valence-electron chi connectivity index (χ4n) is 2.61. The average Bonchev–Trinajstić information content (AvgIpc) is 3.32. The Morgan fingerprint density at radius 2 is 2.00 bits per heavy atom. The second kappa shape index (κ2) is 5.61. The third-order valence-corrected chi connectivity index (χ3v) is 4.27. The lowest BCUT2D eigenvalue weighted by atomic mass is 9.94. The van der Waals surface area contributed by atoms with Crippen molar-refractivity contribution >= 4 is 23.2 Å². The fourth-order valence-corrected chi connectivity index (χ4v) is 2.79. The van der Waals surface area contributed by atoms with Crippen molar-refractivity contribution in [2.45, 2.75) is 18.3 Å². The van der Waals surface area contributed by atoms with E-state index in [0.717, 1.165) is 18.4 Å². The number of benzene rings is 2. The zero-order chi connectivity index (χ0) is 15.7. The van der Waals surface area contributed by atoms with Gasteiger partial charge < -0.3 is 10.1 Å². The molecular formula is C17H15ClFNO2. The molecule has 5 heteroatoms. The summed E-state index contributed by atoms with van der Waals surface area (Å²) < 4.78 is 18.5. The number of hydrogen-bond donors (Lipinski definition) is 1. The van der Waals surface area contributed by atoms with Gasteiger partial charge in [-0.25, -0.2) is 4.39 Å². The number of amides is 1. The van der Waals surface area contributed by atoms with E-state index in [1.807, 2.05) is 24.3 Å². The number of ether oxygens (including phenoxy) is 1. The van der Waals surface area contributed by atoms with Crippen LogP contribution in [0.4, 0.5) is 10.1 Å². The van der Waals surface area contributed by atoms with Gasteiger partial charge in [0, 0.05) is 11.3 Å². The lowest BCUT2D eigenvalue weighted by Crippen LogP contribution is -2.28. The van der Waals surface area contributed by atoms with Crippen molar-refractivity contribution in [1.29, 1.82) is 0 Å². The van der Waals surface area contributed by atoms with Gasteiger partial charge in [-0.1, -0.05) is 29.8 Å². The number of para-hydroxylation sites is 1. The number of methoxy groups -OCH3 is 1. The standard InChI is InChI=1S/C17H15ClFNO2/c1-22-15-5-3-2-4-12(15)17(8-9-17)16(21)20-11-6-7-14(19)13(18)10-11/h2-7,10H,8-9H2,1H3,(H,20,21). The summed E-state index contributed by atoms with van der Waals surface area (Å²) in [6.07, 6.45) is 1.52. The van der Waals surface area contributed by atoms with Gasteiger partial charge in [0.15, 0.2) is 0 Å². The molecule has 2 aromatic carbocycles. The average molecular weight is 320 g/mol. The number of carbonyl (C=O) groups is 1. The van der Waals surface area contributed by atoms with Gasteiger partial charge in [-0.2, -0.15) is 0 Å². The summed E-state index contributed by atoms with van der Waals surface area (Å²) >= 11 is 5.75. The Labute approximate surface area is 133 Å². The van der Waals surface area contributed by atoms with Crippen LogP contribution in [0.15, 0.2) is 42.5 Å². The molecule has 2 aromatic rings. The topological polar surface area (TPSA) is 38.3 Å². The predicted molar refractivity (Wildman–Crippen MR) is 83.9 cm³/mol. The molecule has 3 rings (SSSR count). The van der Waals surface area contributed by atoms with E-state index >= 15 is 0 Å². The van der Waals surface area contributed by atoms with Crippen molar-refractivity contribution in [3.63, 3.8) is 0 Å². The first-order valence-corrected chi connectivity index (χ1v) is 7.34. The molecule has 0 bridgehead atoms. The largest absolute Gasteiger partial charge is 0.496 e. The number of carbonyl (C=O) groups excluding carboxylic acids is 1. The van der Waals surface area contributed by atoms with E-state index in [2.05, 4.69) is 5.32 Å². The molecule has 0 radical (unpaired) electrons. The first-order chi connectivity index (χ1) is 10.6. The van der Waals surface area contributed by atoms with E-state index in [1.165, 1.54) is 18.2 Å². The molecule has 1 amide bonds. The number of nitrogens with one attached hydrogen (secondary N) is 1. The zero-order valence-electron chi connectivity index (χ0n) is 12.0. The molecule has 1 aliphatic rings. The predicted octanol–water partition coefficient (Wildman–Crippen LogP) is 4.16. The van der Waals surface area contributed by atoms with Crippen molar-refractivity contribution in [3.05, 3.63) is 58.9 Å². The molecule has 0 unspecified atom stereocenters. The van der Waals surface area contributed by atoms with Crippen LogP contribution in [-0.4, -0.2) is 13.0 Å². The molecule has 0 spiro atoms. The molecule has 0 aromatic heterocycles. The maximum absolute atomic E-state index is 13.2. The van der Waals surface area contributed by atoms with Gasteiger partial charge in [0.2, 0.25) is 5.91 Å². The zero-order valence-corrected chi connectivity index (χ0v) is 12.8. The summed E-state index contributed by atoms with van der Waals surface area (Å²) in [6, 6.07) is 11.7. The number of rotatable bonds is 4. The summed E-state index contributed by atoms with van der Waals surface area (Å²) in [5.74, 6) is 0.0671. The van der Waals surface area contributed by atoms with E-state index in [-0.39, 0.29) is 10.9 Å². The third-order valence-electron chi connectivity index (χ3n) is 3.98. The van der Waals surface area contributed by atoms with Crippen molar-refractivity contribution in [3.8, 4) is 5.75 Å². The van der Waals surface area contributed by atoms with Crippen LogP contribution in [0, 0.1) is 5.82 Å². The highest BCUT2D eigenvalue weighted by molar-refractivity contribution is 6.31. The summed E-state index contributed by atoms with van der Waals surface area (Å²) in [7, 11) is 1.59. The molecule has 0 saturated heterocycles. The first-order valence-electron chi connectivity index (χ1n) is 6.97. The number of anilines is 1. The van der Waals surface area contributed by atoms with E-state index in [1.54, 1.807) is 7.11 Å². The molecule has 1 fully saturated rings. The van der Waals surface area contributed by atoms with Crippen molar-refractivity contribution in [1.82, 2.24) is 0 Å². The highest BCUT2D eigenvalue weighted by Gasteiger charge is 2.52. The minimum Gasteiger partial charge on any atom is -0.496 e. The highest BCUT2D eigenvalue weighted by Crippen LogP contribution is 2.52. The Morgan fingerprint density at radius 1 is 1.27 bits per heavy atom. The van der Waals surface area contributed by atoms with Gasteiger partial charge in [-0.05, 0) is 37.1 Å². The van der Waals surface area contributed by atoms with Crippen LogP contribution < -0.4 is 10.1 Å². The second-order valence-corrected chi connectivity index (χ2v) is 5.77. The van der Waals surface area contributed by atoms with Gasteiger partial charge in [0.1, 0.15) is 11.6 Å². The second-order valence-electron chi connectivity index (χ2n) is 5.37. The Kier molecular flexibility index (Phi) is 3.79. The van der Waals surface area contributed by atoms with E-state index in [0.29, 0.717) is 11.4 Å². The number of hydrogen-bond acceptors (Lipinski definition) is 2. The van der Waals surface area contributed by atoms with Gasteiger partial charge in [0.25, 0.3) is 0 Å². The van der Waals surface area contributed by atoms with Crippen LogP contribution >= 0.6 is 11.6 Å². The third kappa shape index (κ3) is 2.55. The van der Waals surface area contributed by atoms with Crippen LogP contribution in [0.3, 0.4) is 0 Å². The van der Waals surface area contributed by atoms with Crippen LogP contribution in [-0.2, 0) is 10.2 Å². The number of halogens is 2. The quantitative estimate of drug-likeness (QED) is 0.919. The Bertz CT molecular complexity index is 728. The molecule has 3 nitrogen and oxygen atoms in total. The van der Waals surface area contributed by atoms with Crippen molar-refractivity contribution in [2.24, 2.45) is 0 Å². The summed E-state index contributed by atoms with van der Waals surface area (Å²) in [5, 5.41) is 2.80. The lowest BCUT2D eigenvalue weighted by Gasteiger charge is -2.18. The maximum atomic E-state index is 13.2. The SMILES string of the molecule is COc1ccccc1C1(C(=O)Nc2ccc(F)c(Cl)c2)CC1. The van der Waals surface area contributed by atoms with E-state index in [9.17, 15) is 9.18 Å². The van der Waals surface area contributed by atoms with E-state index in [4.69, 9.17) is 16.3 Å². The molecule has 1 N–H and O–H groups in total. The Hall–Kier alpha value is -2.07. The van der Waals surface area contributed by atoms with Gasteiger partial charge in [-0.15, -0.1) is 0 Å². The van der Waals surface area contributed by atoms with E-state index < -0.39 is 11.2 Å². The maximum Gasteiger partial charge on any atom is 0.235 e. The van der Waals surface area contributed by atoms with Gasteiger partial charge in [-0.3, -0.25) is 4.79 Å². The molecule has 0 heterocycles. The van der Waals surface area contributed by atoms with Crippen LogP contribution in [0.25, 0.3) is 0 Å². The first kappa shape index (κ1) is 14.9. The molecule has 0 atom stereocenters. The van der Waals surface area contributed by atoms with Gasteiger partial charge >= 0.3 is 0 Å². The van der Waals surface area contributed by atoms with Crippen molar-refractivity contribution < 1.29 is 13.9 Å². The fraction of sp³-hybridized carbons (Fsp3) is 0.235. The summed E-state index contributed by atoms with van der Waals surface area (Å²) in [5.41, 5.74) is 0.786. The monoisotopic (exact) mass is 319 g/mol. The summed E-state index contributed by atoms with van der Waals surface area (Å²) in [6.45, 7) is 0. The Morgan fingerprint density at radius 3 is 2.64 bits per heavy atom. The lowest BCUT2D eigenvalue weighted by molar-refractivity contribution is -0.118. The van der Waals surface area contributed by atoms with Crippen LogP contribution in [0.1, 0.15) is 18.4 Å². The van der Waals surface area contributed by atoms with Crippen LogP contribution in [0.2, 0.25) is 5.02 Å². The normalized spacial score (nSPS) is 15.2. The van der Waals surface area contributed by atoms with Crippen molar-refractivity contribution in [2.75, 3.05) is 12.4 Å².